The molecular formula is C38H51FN6O8. The summed E-state index contributed by atoms with van der Waals surface area (Å²) >= 11 is 0. The molecule has 4 fully saturated rings. The van der Waals surface area contributed by atoms with E-state index in [0.29, 0.717) is 63.5 Å². The zero-order valence-corrected chi connectivity index (χ0v) is 30.5. The fraction of sp³-hybridized carbons (Fsp3) is 0.605. The normalized spacial score (nSPS) is 26.4. The van der Waals surface area contributed by atoms with Crippen molar-refractivity contribution in [2.24, 2.45) is 0 Å². The predicted octanol–water partition coefficient (Wildman–Crippen LogP) is 1.51. The summed E-state index contributed by atoms with van der Waals surface area (Å²) in [6.07, 6.45) is 8.76. The van der Waals surface area contributed by atoms with Gasteiger partial charge >= 0.3 is 5.97 Å². The lowest BCUT2D eigenvalue weighted by atomic mass is 9.99. The largest absolute Gasteiger partial charge is 0.461 e. The third-order valence-electron chi connectivity index (χ3n) is 10.4. The molecule has 6 atom stereocenters. The first-order valence-electron chi connectivity index (χ1n) is 18.9. The number of rotatable bonds is 9. The van der Waals surface area contributed by atoms with Gasteiger partial charge in [-0.15, -0.1) is 0 Å². The number of allylic oxidation sites excluding steroid dienone is 1. The van der Waals surface area contributed by atoms with Crippen molar-refractivity contribution in [1.29, 1.82) is 0 Å². The number of carbonyl (C=O) groups is 7. The van der Waals surface area contributed by atoms with Crippen molar-refractivity contribution in [3.8, 4) is 0 Å². The molecule has 4 aliphatic rings. The molecule has 1 aromatic carbocycles. The number of fused-ring (bicyclic) bond motifs is 3. The van der Waals surface area contributed by atoms with Gasteiger partial charge in [0.2, 0.25) is 35.4 Å². The summed E-state index contributed by atoms with van der Waals surface area (Å²) in [6, 6.07) is -0.834. The molecule has 15 heteroatoms. The lowest BCUT2D eigenvalue weighted by Gasteiger charge is -2.39. The minimum Gasteiger partial charge on any atom is -0.461 e. The number of benzene rings is 1. The first kappa shape index (κ1) is 39.4. The number of piperidine rings is 1. The second-order valence-corrected chi connectivity index (χ2v) is 14.3. The van der Waals surface area contributed by atoms with Crippen LogP contribution in [0.1, 0.15) is 83.6 Å². The molecular weight excluding hydrogens is 687 g/mol. The first-order valence-corrected chi connectivity index (χ1v) is 18.9. The Morgan fingerprint density at radius 1 is 0.925 bits per heavy atom. The van der Waals surface area contributed by atoms with Gasteiger partial charge in [-0.2, -0.15) is 0 Å². The molecule has 6 unspecified atom stereocenters. The van der Waals surface area contributed by atoms with Crippen LogP contribution in [0.25, 0.3) is 0 Å². The van der Waals surface area contributed by atoms with Gasteiger partial charge in [-0.3, -0.25) is 28.8 Å². The third-order valence-corrected chi connectivity index (χ3v) is 10.4. The molecule has 5 rings (SSSR count). The topological polar surface area (TPSA) is 175 Å². The van der Waals surface area contributed by atoms with Crippen LogP contribution in [0, 0.1) is 5.82 Å². The second kappa shape index (κ2) is 18.3. The van der Waals surface area contributed by atoms with Gasteiger partial charge in [0.1, 0.15) is 48.7 Å². The highest BCUT2D eigenvalue weighted by atomic mass is 19.1. The molecule has 1 aromatic rings. The summed E-state index contributed by atoms with van der Waals surface area (Å²) < 4.78 is 19.8. The zero-order valence-electron chi connectivity index (χ0n) is 30.5. The van der Waals surface area contributed by atoms with Gasteiger partial charge < -0.3 is 35.4 Å². The average Bonchev–Trinajstić information content (AvgIpc) is 3.84. The second-order valence-electron chi connectivity index (χ2n) is 14.3. The van der Waals surface area contributed by atoms with Crippen LogP contribution in [0.15, 0.2) is 36.4 Å². The van der Waals surface area contributed by atoms with E-state index in [4.69, 9.17) is 4.74 Å². The van der Waals surface area contributed by atoms with Crippen molar-refractivity contribution in [2.45, 2.75) is 121 Å². The quantitative estimate of drug-likeness (QED) is 0.194. The van der Waals surface area contributed by atoms with Crippen LogP contribution in [-0.2, 0) is 44.7 Å². The monoisotopic (exact) mass is 738 g/mol. The number of ether oxygens (including phenoxy) is 1. The molecule has 0 saturated carbocycles. The van der Waals surface area contributed by atoms with Gasteiger partial charge in [-0.25, -0.2) is 9.18 Å². The fourth-order valence-corrected chi connectivity index (χ4v) is 7.59. The number of esters is 1. The van der Waals surface area contributed by atoms with E-state index in [2.05, 4.69) is 16.0 Å². The number of cyclic esters (lactones) is 1. The number of amides is 6. The predicted molar refractivity (Wildman–Crippen MR) is 190 cm³/mol. The van der Waals surface area contributed by atoms with Crippen LogP contribution in [-0.4, -0.2) is 119 Å². The number of nitrogens with one attached hydrogen (secondary N) is 3. The Morgan fingerprint density at radius 2 is 1.60 bits per heavy atom. The molecule has 6 amide bonds. The lowest BCUT2D eigenvalue weighted by molar-refractivity contribution is -0.158. The first-order chi connectivity index (χ1) is 25.5. The molecule has 4 aliphatic heterocycles. The maximum absolute atomic E-state index is 14.4. The lowest BCUT2D eigenvalue weighted by Crippen LogP contribution is -2.62. The van der Waals surface area contributed by atoms with Crippen LogP contribution < -0.4 is 16.0 Å². The Labute approximate surface area is 309 Å². The van der Waals surface area contributed by atoms with Crippen LogP contribution >= 0.6 is 0 Å². The maximum atomic E-state index is 14.4. The van der Waals surface area contributed by atoms with E-state index in [-0.39, 0.29) is 19.5 Å². The molecule has 288 valence electrons. The van der Waals surface area contributed by atoms with Crippen LogP contribution in [0.5, 0.6) is 0 Å². The molecule has 14 nitrogen and oxygen atoms in total. The number of hydrogen-bond donors (Lipinski definition) is 3. The average molecular weight is 739 g/mol. The molecule has 4 saturated heterocycles. The van der Waals surface area contributed by atoms with Gasteiger partial charge in [-0.05, 0) is 82.1 Å². The standard InChI is InChI=1S/C38H51FN6O8/c1-3-4-5-6-17-32(46)41-27(22-25-12-9-13-26(39)21-25)33(47)42-28-23-53-38(52)31-16-11-20-45(31)35(49)24(2)40-34(48)29-14-7-8-18-43(29)37(51)30-15-10-19-44(30)36(28)50/h6,9,12-13,17,21,24,27-31H,3-5,7-8,10-11,14-16,18-20,22-23H2,1-2H3,(H,40,48)(H,41,46)(H,42,47). The molecule has 4 heterocycles. The Balaban J connectivity index is 1.45. The highest BCUT2D eigenvalue weighted by molar-refractivity contribution is 5.98. The molecule has 0 radical (unpaired) electrons. The van der Waals surface area contributed by atoms with Crippen molar-refractivity contribution in [2.75, 3.05) is 26.2 Å². The van der Waals surface area contributed by atoms with E-state index in [1.165, 1.54) is 39.0 Å². The van der Waals surface area contributed by atoms with Crippen LogP contribution in [0.2, 0.25) is 0 Å². The van der Waals surface area contributed by atoms with Gasteiger partial charge in [0.05, 0.1) is 0 Å². The Hall–Kier alpha value is -4.82. The fourth-order valence-electron chi connectivity index (χ4n) is 7.59. The van der Waals surface area contributed by atoms with E-state index in [1.54, 1.807) is 19.1 Å². The Kier molecular flexibility index (Phi) is 13.6. The SMILES string of the molecule is CCCCC=CC(=O)NC(Cc1cccc(F)c1)C(=O)NC1COC(=O)C2CCCN2C(=O)C(C)NC(=O)C2CCCCN2C(=O)C2CCCN2C1=O. The van der Waals surface area contributed by atoms with Crippen LogP contribution in [0.3, 0.4) is 0 Å². The summed E-state index contributed by atoms with van der Waals surface area (Å²) in [7, 11) is 0. The van der Waals surface area contributed by atoms with Crippen molar-refractivity contribution in [1.82, 2.24) is 30.7 Å². The van der Waals surface area contributed by atoms with E-state index in [9.17, 15) is 38.0 Å². The number of unbranched alkanes of at least 4 members (excludes halogenated alkanes) is 2. The van der Waals surface area contributed by atoms with E-state index in [1.807, 2.05) is 6.92 Å². The number of halogens is 1. The highest BCUT2D eigenvalue weighted by Gasteiger charge is 2.45. The number of nitrogens with zero attached hydrogens (tertiary/aromatic N) is 3. The highest BCUT2D eigenvalue weighted by Crippen LogP contribution is 2.26. The molecule has 53 heavy (non-hydrogen) atoms. The summed E-state index contributed by atoms with van der Waals surface area (Å²) in [5, 5.41) is 8.09. The number of carbonyl (C=O) groups excluding carboxylic acids is 7. The zero-order chi connectivity index (χ0) is 38.1. The summed E-state index contributed by atoms with van der Waals surface area (Å²) in [5.41, 5.74) is 0.418. The molecule has 0 aromatic heterocycles. The maximum Gasteiger partial charge on any atom is 0.328 e. The van der Waals surface area contributed by atoms with Crippen LogP contribution in [0.4, 0.5) is 4.39 Å². The van der Waals surface area contributed by atoms with Gasteiger partial charge in [0.15, 0.2) is 0 Å². The Morgan fingerprint density at radius 3 is 2.34 bits per heavy atom. The van der Waals surface area contributed by atoms with Crippen molar-refractivity contribution < 1.29 is 42.7 Å². The van der Waals surface area contributed by atoms with Gasteiger partial charge in [0.25, 0.3) is 0 Å². The van der Waals surface area contributed by atoms with Crippen molar-refractivity contribution >= 4 is 41.4 Å². The Bertz CT molecular complexity index is 1590. The van der Waals surface area contributed by atoms with E-state index < -0.39 is 90.1 Å². The molecule has 0 spiro atoms. The van der Waals surface area contributed by atoms with Gasteiger partial charge in [0, 0.05) is 26.1 Å². The van der Waals surface area contributed by atoms with E-state index >= 15 is 0 Å². The smallest absolute Gasteiger partial charge is 0.328 e. The molecule has 0 bridgehead atoms. The summed E-state index contributed by atoms with van der Waals surface area (Å²) in [6.45, 7) is 3.71. The number of hydrogen-bond acceptors (Lipinski definition) is 8. The molecule has 3 N–H and O–H groups in total. The van der Waals surface area contributed by atoms with E-state index in [0.717, 1.165) is 12.8 Å². The summed E-state index contributed by atoms with van der Waals surface area (Å²) in [5.74, 6) is -4.67. The van der Waals surface area contributed by atoms with Crippen molar-refractivity contribution in [3.63, 3.8) is 0 Å². The minimum absolute atomic E-state index is 0.112. The van der Waals surface area contributed by atoms with Gasteiger partial charge in [-0.1, -0.05) is 38.0 Å². The molecule has 0 aliphatic carbocycles. The minimum atomic E-state index is -1.47. The third kappa shape index (κ3) is 9.79. The van der Waals surface area contributed by atoms with Crippen molar-refractivity contribution in [3.05, 3.63) is 47.8 Å². The summed E-state index contributed by atoms with van der Waals surface area (Å²) in [4.78, 5) is 100.